The van der Waals surface area contributed by atoms with E-state index in [1.807, 2.05) is 29.9 Å². The predicted molar refractivity (Wildman–Crippen MR) is 77.4 cm³/mol. The van der Waals surface area contributed by atoms with E-state index in [2.05, 4.69) is 10.4 Å². The summed E-state index contributed by atoms with van der Waals surface area (Å²) in [6, 6.07) is 0.183. The van der Waals surface area contributed by atoms with E-state index in [4.69, 9.17) is 0 Å². The van der Waals surface area contributed by atoms with E-state index >= 15 is 0 Å². The first-order valence-corrected chi connectivity index (χ1v) is 7.67. The van der Waals surface area contributed by atoms with Gasteiger partial charge in [-0.1, -0.05) is 6.42 Å². The first-order chi connectivity index (χ1) is 9.65. The molecular formula is C15H24N4O. The molecule has 0 aliphatic heterocycles. The molecule has 20 heavy (non-hydrogen) atoms. The van der Waals surface area contributed by atoms with Gasteiger partial charge < -0.3 is 10.2 Å². The Kier molecular flexibility index (Phi) is 3.68. The molecule has 0 bridgehead atoms. The summed E-state index contributed by atoms with van der Waals surface area (Å²) < 4.78 is 1.94. The highest BCUT2D eigenvalue weighted by atomic mass is 16.2. The van der Waals surface area contributed by atoms with Gasteiger partial charge in [0.25, 0.3) is 0 Å². The van der Waals surface area contributed by atoms with E-state index in [-0.39, 0.29) is 12.1 Å². The molecule has 1 aromatic heterocycles. The standard InChI is InChI=1S/C15H24N4O/c1-18(10-11-5-3-6-11)15(20)17-13-7-4-8-14-12(13)9-16-19(14)2/h9,11,13H,3-8,10H2,1-2H3,(H,17,20). The van der Waals surface area contributed by atoms with E-state index in [0.717, 1.165) is 25.8 Å². The van der Waals surface area contributed by atoms with Gasteiger partial charge in [-0.3, -0.25) is 4.68 Å². The Hall–Kier alpha value is -1.52. The fraction of sp³-hybridized carbons (Fsp3) is 0.733. The molecule has 1 atom stereocenters. The largest absolute Gasteiger partial charge is 0.331 e. The number of urea groups is 1. The summed E-state index contributed by atoms with van der Waals surface area (Å²) in [6.45, 7) is 0.887. The first-order valence-electron chi connectivity index (χ1n) is 7.67. The van der Waals surface area contributed by atoms with Crippen molar-refractivity contribution in [3.8, 4) is 0 Å². The number of nitrogens with zero attached hydrogens (tertiary/aromatic N) is 3. The number of hydrogen-bond acceptors (Lipinski definition) is 2. The molecule has 0 aromatic carbocycles. The van der Waals surface area contributed by atoms with E-state index in [1.54, 1.807) is 0 Å². The summed E-state index contributed by atoms with van der Waals surface area (Å²) in [4.78, 5) is 14.1. The Balaban J connectivity index is 1.61. The number of aromatic nitrogens is 2. The van der Waals surface area contributed by atoms with E-state index in [1.165, 1.54) is 30.5 Å². The molecule has 2 amide bonds. The third-order valence-corrected chi connectivity index (χ3v) is 4.78. The third-order valence-electron chi connectivity index (χ3n) is 4.78. The fourth-order valence-corrected chi connectivity index (χ4v) is 3.26. The van der Waals surface area contributed by atoms with Crippen LogP contribution in [0.2, 0.25) is 0 Å². The summed E-state index contributed by atoms with van der Waals surface area (Å²) in [7, 11) is 3.88. The van der Waals surface area contributed by atoms with Crippen LogP contribution in [0.15, 0.2) is 6.20 Å². The van der Waals surface area contributed by atoms with Gasteiger partial charge in [-0.05, 0) is 38.0 Å². The fourth-order valence-electron chi connectivity index (χ4n) is 3.26. The zero-order chi connectivity index (χ0) is 14.1. The Morgan fingerprint density at radius 2 is 2.25 bits per heavy atom. The van der Waals surface area contributed by atoms with Crippen LogP contribution >= 0.6 is 0 Å². The van der Waals surface area contributed by atoms with Crippen LogP contribution in [0.3, 0.4) is 0 Å². The zero-order valence-electron chi connectivity index (χ0n) is 12.4. The Labute approximate surface area is 120 Å². The predicted octanol–water partition coefficient (Wildman–Crippen LogP) is 2.24. The molecule has 1 aromatic rings. The molecular weight excluding hydrogens is 252 g/mol. The van der Waals surface area contributed by atoms with Crippen molar-refractivity contribution in [2.75, 3.05) is 13.6 Å². The average molecular weight is 276 g/mol. The first kappa shape index (κ1) is 13.5. The normalized spacial score (nSPS) is 22.0. The molecule has 3 rings (SSSR count). The summed E-state index contributed by atoms with van der Waals surface area (Å²) in [6.07, 6.45) is 8.97. The van der Waals surface area contributed by atoms with Crippen LogP contribution in [0, 0.1) is 5.92 Å². The maximum absolute atomic E-state index is 12.3. The second-order valence-electron chi connectivity index (χ2n) is 6.24. The van der Waals surface area contributed by atoms with Crippen LogP contribution in [-0.2, 0) is 13.5 Å². The van der Waals surface area contributed by atoms with Gasteiger partial charge >= 0.3 is 6.03 Å². The van der Waals surface area contributed by atoms with Gasteiger partial charge in [0.1, 0.15) is 0 Å². The van der Waals surface area contributed by atoms with Gasteiger partial charge in [-0.15, -0.1) is 0 Å². The Morgan fingerprint density at radius 1 is 1.45 bits per heavy atom. The Bertz CT molecular complexity index is 492. The van der Waals surface area contributed by atoms with Crippen LogP contribution < -0.4 is 5.32 Å². The average Bonchev–Trinajstić information content (AvgIpc) is 2.77. The molecule has 5 heteroatoms. The smallest absolute Gasteiger partial charge is 0.317 e. The molecule has 0 saturated heterocycles. The number of hydrogen-bond donors (Lipinski definition) is 1. The minimum Gasteiger partial charge on any atom is -0.331 e. The minimum absolute atomic E-state index is 0.0543. The lowest BCUT2D eigenvalue weighted by atomic mass is 9.85. The van der Waals surface area contributed by atoms with Crippen molar-refractivity contribution in [2.24, 2.45) is 13.0 Å². The number of nitrogens with one attached hydrogen (secondary N) is 1. The summed E-state index contributed by atoms with van der Waals surface area (Å²) in [5, 5.41) is 7.50. The van der Waals surface area contributed by atoms with Crippen LogP contribution in [0.4, 0.5) is 4.79 Å². The van der Waals surface area contributed by atoms with E-state index in [9.17, 15) is 4.79 Å². The highest BCUT2D eigenvalue weighted by molar-refractivity contribution is 5.74. The molecule has 1 unspecified atom stereocenters. The number of aryl methyl sites for hydroxylation is 1. The highest BCUT2D eigenvalue weighted by Gasteiger charge is 2.27. The van der Waals surface area contributed by atoms with E-state index < -0.39 is 0 Å². The van der Waals surface area contributed by atoms with Crippen molar-refractivity contribution in [2.45, 2.75) is 44.6 Å². The van der Waals surface area contributed by atoms with Crippen molar-refractivity contribution < 1.29 is 4.79 Å². The van der Waals surface area contributed by atoms with Crippen molar-refractivity contribution in [3.63, 3.8) is 0 Å². The molecule has 0 spiro atoms. The molecule has 1 N–H and O–H groups in total. The molecule has 1 fully saturated rings. The monoisotopic (exact) mass is 276 g/mol. The number of amides is 2. The zero-order valence-corrected chi connectivity index (χ0v) is 12.4. The van der Waals surface area contributed by atoms with Gasteiger partial charge in [0.15, 0.2) is 0 Å². The van der Waals surface area contributed by atoms with Gasteiger partial charge in [0, 0.05) is 31.9 Å². The maximum Gasteiger partial charge on any atom is 0.317 e. The molecule has 1 heterocycles. The SMILES string of the molecule is CN(CC1CCC1)C(=O)NC1CCCc2c1cnn2C. The molecule has 2 aliphatic carbocycles. The third kappa shape index (κ3) is 2.53. The van der Waals surface area contributed by atoms with Gasteiger partial charge in [-0.25, -0.2) is 4.79 Å². The Morgan fingerprint density at radius 3 is 2.95 bits per heavy atom. The lowest BCUT2D eigenvalue weighted by Crippen LogP contribution is -2.43. The number of carbonyl (C=O) groups is 1. The van der Waals surface area contributed by atoms with Crippen LogP contribution in [0.5, 0.6) is 0 Å². The number of fused-ring (bicyclic) bond motifs is 1. The quantitative estimate of drug-likeness (QED) is 0.920. The van der Waals surface area contributed by atoms with Crippen LogP contribution in [0.1, 0.15) is 49.4 Å². The lowest BCUT2D eigenvalue weighted by Gasteiger charge is -2.32. The number of carbonyl (C=O) groups excluding carboxylic acids is 1. The summed E-state index contributed by atoms with van der Waals surface area (Å²) in [5.74, 6) is 0.714. The minimum atomic E-state index is 0.0543. The van der Waals surface area contributed by atoms with Crippen LogP contribution in [0.25, 0.3) is 0 Å². The molecule has 2 aliphatic rings. The molecule has 110 valence electrons. The summed E-state index contributed by atoms with van der Waals surface area (Å²) in [5.41, 5.74) is 2.47. The van der Waals surface area contributed by atoms with Crippen molar-refractivity contribution >= 4 is 6.03 Å². The van der Waals surface area contributed by atoms with Crippen molar-refractivity contribution in [1.82, 2.24) is 20.0 Å². The molecule has 0 radical (unpaired) electrons. The van der Waals surface area contributed by atoms with Gasteiger partial charge in [0.2, 0.25) is 0 Å². The highest BCUT2D eigenvalue weighted by Crippen LogP contribution is 2.30. The second-order valence-corrected chi connectivity index (χ2v) is 6.24. The summed E-state index contributed by atoms with van der Waals surface area (Å²) >= 11 is 0. The lowest BCUT2D eigenvalue weighted by molar-refractivity contribution is 0.178. The molecule has 1 saturated carbocycles. The maximum atomic E-state index is 12.3. The molecule has 5 nitrogen and oxygen atoms in total. The van der Waals surface area contributed by atoms with Crippen LogP contribution in [-0.4, -0.2) is 34.3 Å². The van der Waals surface area contributed by atoms with Crippen molar-refractivity contribution in [3.05, 3.63) is 17.5 Å². The van der Waals surface area contributed by atoms with Crippen molar-refractivity contribution in [1.29, 1.82) is 0 Å². The number of rotatable bonds is 3. The van der Waals surface area contributed by atoms with Gasteiger partial charge in [0.05, 0.1) is 12.2 Å². The van der Waals surface area contributed by atoms with Gasteiger partial charge in [-0.2, -0.15) is 5.10 Å². The second kappa shape index (κ2) is 5.46. The van der Waals surface area contributed by atoms with E-state index in [0.29, 0.717) is 5.92 Å². The topological polar surface area (TPSA) is 50.2 Å².